The van der Waals surface area contributed by atoms with E-state index in [0.29, 0.717) is 5.75 Å². The summed E-state index contributed by atoms with van der Waals surface area (Å²) in [4.78, 5) is 14.1. The zero-order valence-corrected chi connectivity index (χ0v) is 7.41. The van der Waals surface area contributed by atoms with Gasteiger partial charge >= 0.3 is 5.97 Å². The van der Waals surface area contributed by atoms with Crippen LogP contribution in [0.4, 0.5) is 0 Å². The summed E-state index contributed by atoms with van der Waals surface area (Å²) >= 11 is 1.31. The second kappa shape index (κ2) is 4.10. The maximum atomic E-state index is 10.1. The molecule has 0 aliphatic rings. The minimum absolute atomic E-state index is 0.104. The van der Waals surface area contributed by atoms with Crippen LogP contribution in [-0.2, 0) is 17.6 Å². The predicted octanol–water partition coefficient (Wildman–Crippen LogP) is 0.133. The molecule has 0 bridgehead atoms. The van der Waals surface area contributed by atoms with Gasteiger partial charge in [0.15, 0.2) is 0 Å². The Morgan fingerprint density at radius 2 is 2.58 bits per heavy atom. The molecule has 0 aromatic carbocycles. The van der Waals surface area contributed by atoms with Gasteiger partial charge in [-0.1, -0.05) is 0 Å². The number of rotatable bonds is 4. The Labute approximate surface area is 73.8 Å². The molecule has 0 amide bonds. The van der Waals surface area contributed by atoms with Gasteiger partial charge in [0.05, 0.1) is 11.5 Å². The molecule has 0 fully saturated rings. The van der Waals surface area contributed by atoms with Gasteiger partial charge in [0.2, 0.25) is 0 Å². The Hall–Kier alpha value is -1.04. The first kappa shape index (κ1) is 9.05. The summed E-state index contributed by atoms with van der Waals surface area (Å²) in [6.45, 7) is 0. The Morgan fingerprint density at radius 1 is 1.83 bits per heavy atom. The van der Waals surface area contributed by atoms with Crippen molar-refractivity contribution in [1.82, 2.24) is 14.8 Å². The molecule has 0 atom stereocenters. The molecule has 1 aromatic rings. The monoisotopic (exact) mass is 187 g/mol. The summed E-state index contributed by atoms with van der Waals surface area (Å²) in [7, 11) is 1.78. The minimum Gasteiger partial charge on any atom is -0.481 e. The highest BCUT2D eigenvalue weighted by Crippen LogP contribution is 2.07. The highest BCUT2D eigenvalue weighted by molar-refractivity contribution is 7.99. The molecule has 1 N–H and O–H groups in total. The molecule has 66 valence electrons. The number of hydrogen-bond acceptors (Lipinski definition) is 4. The molecule has 1 rings (SSSR count). The number of aliphatic carboxylic acids is 1. The molecule has 0 saturated carbocycles. The number of aromatic nitrogens is 3. The van der Waals surface area contributed by atoms with Crippen molar-refractivity contribution in [3.8, 4) is 0 Å². The third-order valence-corrected chi connectivity index (χ3v) is 2.18. The van der Waals surface area contributed by atoms with Crippen LogP contribution in [0.2, 0.25) is 0 Å². The molecule has 0 aliphatic carbocycles. The Bertz CT molecular complexity index is 274. The van der Waals surface area contributed by atoms with Crippen molar-refractivity contribution in [2.75, 3.05) is 5.75 Å². The molecule has 0 spiro atoms. The molecule has 0 aliphatic heterocycles. The van der Waals surface area contributed by atoms with Crippen LogP contribution in [0.25, 0.3) is 0 Å². The molecular weight excluding hydrogens is 178 g/mol. The van der Waals surface area contributed by atoms with Crippen LogP contribution in [0.15, 0.2) is 6.33 Å². The molecule has 0 radical (unpaired) electrons. The lowest BCUT2D eigenvalue weighted by Crippen LogP contribution is -2.01. The molecule has 1 heterocycles. The number of thioether (sulfide) groups is 1. The van der Waals surface area contributed by atoms with Crippen molar-refractivity contribution in [2.45, 2.75) is 5.75 Å². The van der Waals surface area contributed by atoms with Crippen LogP contribution < -0.4 is 0 Å². The van der Waals surface area contributed by atoms with Gasteiger partial charge in [-0.15, -0.1) is 11.8 Å². The van der Waals surface area contributed by atoms with Gasteiger partial charge in [0.25, 0.3) is 0 Å². The molecule has 1 aromatic heterocycles. The van der Waals surface area contributed by atoms with Crippen LogP contribution >= 0.6 is 11.8 Å². The quantitative estimate of drug-likeness (QED) is 0.725. The first-order valence-corrected chi connectivity index (χ1v) is 4.48. The van der Waals surface area contributed by atoms with Gasteiger partial charge in [0, 0.05) is 7.05 Å². The zero-order chi connectivity index (χ0) is 8.97. The van der Waals surface area contributed by atoms with Crippen LogP contribution in [-0.4, -0.2) is 31.6 Å². The van der Waals surface area contributed by atoms with E-state index >= 15 is 0 Å². The maximum absolute atomic E-state index is 10.1. The van der Waals surface area contributed by atoms with E-state index in [2.05, 4.69) is 10.1 Å². The summed E-state index contributed by atoms with van der Waals surface area (Å²) in [6.07, 6.45) is 1.46. The Balaban J connectivity index is 2.33. The Kier molecular flexibility index (Phi) is 3.09. The SMILES string of the molecule is Cn1ncnc1CSCC(=O)O. The number of carbonyl (C=O) groups is 1. The van der Waals surface area contributed by atoms with Crippen molar-refractivity contribution >= 4 is 17.7 Å². The number of hydrogen-bond donors (Lipinski definition) is 1. The second-order valence-corrected chi connectivity index (χ2v) is 3.17. The average molecular weight is 187 g/mol. The van der Waals surface area contributed by atoms with Crippen molar-refractivity contribution in [1.29, 1.82) is 0 Å². The molecule has 6 heteroatoms. The highest BCUT2D eigenvalue weighted by atomic mass is 32.2. The van der Waals surface area contributed by atoms with E-state index in [0.717, 1.165) is 5.82 Å². The van der Waals surface area contributed by atoms with Crippen LogP contribution in [0.5, 0.6) is 0 Å². The number of nitrogens with zero attached hydrogens (tertiary/aromatic N) is 3. The predicted molar refractivity (Wildman–Crippen MR) is 44.8 cm³/mol. The Morgan fingerprint density at radius 3 is 3.08 bits per heavy atom. The average Bonchev–Trinajstić information content (AvgIpc) is 2.36. The fourth-order valence-corrected chi connectivity index (χ4v) is 1.40. The van der Waals surface area contributed by atoms with E-state index in [4.69, 9.17) is 5.11 Å². The first-order valence-electron chi connectivity index (χ1n) is 3.32. The normalized spacial score (nSPS) is 10.1. The van der Waals surface area contributed by atoms with Gasteiger partial charge in [-0.25, -0.2) is 4.98 Å². The summed E-state index contributed by atoms with van der Waals surface area (Å²) < 4.78 is 1.63. The lowest BCUT2D eigenvalue weighted by molar-refractivity contribution is -0.133. The lowest BCUT2D eigenvalue weighted by Gasteiger charge is -1.97. The third-order valence-electron chi connectivity index (χ3n) is 1.26. The lowest BCUT2D eigenvalue weighted by atomic mass is 10.7. The molecular formula is C6H9N3O2S. The van der Waals surface area contributed by atoms with E-state index in [1.54, 1.807) is 11.7 Å². The van der Waals surface area contributed by atoms with Gasteiger partial charge in [-0.3, -0.25) is 9.48 Å². The third kappa shape index (κ3) is 2.54. The van der Waals surface area contributed by atoms with Crippen LogP contribution in [0.3, 0.4) is 0 Å². The van der Waals surface area contributed by atoms with E-state index in [1.807, 2.05) is 0 Å². The standard InChI is InChI=1S/C6H9N3O2S/c1-9-5(7-4-8-9)2-12-3-6(10)11/h4H,2-3H2,1H3,(H,10,11). The zero-order valence-electron chi connectivity index (χ0n) is 6.60. The summed E-state index contributed by atoms with van der Waals surface area (Å²) in [5.74, 6) is 0.679. The minimum atomic E-state index is -0.804. The van der Waals surface area contributed by atoms with Crippen LogP contribution in [0, 0.1) is 0 Å². The van der Waals surface area contributed by atoms with Crippen molar-refractivity contribution in [3.05, 3.63) is 12.2 Å². The van der Waals surface area contributed by atoms with Gasteiger partial charge in [0.1, 0.15) is 12.2 Å². The smallest absolute Gasteiger partial charge is 0.313 e. The van der Waals surface area contributed by atoms with Crippen molar-refractivity contribution in [3.63, 3.8) is 0 Å². The van der Waals surface area contributed by atoms with Gasteiger partial charge < -0.3 is 5.11 Å². The first-order chi connectivity index (χ1) is 5.70. The van der Waals surface area contributed by atoms with E-state index in [-0.39, 0.29) is 5.75 Å². The highest BCUT2D eigenvalue weighted by Gasteiger charge is 2.02. The fourth-order valence-electron chi connectivity index (χ4n) is 0.680. The maximum Gasteiger partial charge on any atom is 0.313 e. The fraction of sp³-hybridized carbons (Fsp3) is 0.500. The molecule has 0 unspecified atom stereocenters. The summed E-state index contributed by atoms with van der Waals surface area (Å²) in [5.41, 5.74) is 0. The topological polar surface area (TPSA) is 68.0 Å². The van der Waals surface area contributed by atoms with Gasteiger partial charge in [-0.05, 0) is 0 Å². The number of carboxylic acid groups (broad SMARTS) is 1. The van der Waals surface area contributed by atoms with Gasteiger partial charge in [-0.2, -0.15) is 5.10 Å². The molecule has 5 nitrogen and oxygen atoms in total. The largest absolute Gasteiger partial charge is 0.481 e. The van der Waals surface area contributed by atoms with Crippen LogP contribution in [0.1, 0.15) is 5.82 Å². The van der Waals surface area contributed by atoms with E-state index < -0.39 is 5.97 Å². The van der Waals surface area contributed by atoms with Crippen molar-refractivity contribution < 1.29 is 9.90 Å². The van der Waals surface area contributed by atoms with E-state index in [1.165, 1.54) is 18.1 Å². The summed E-state index contributed by atoms with van der Waals surface area (Å²) in [5, 5.41) is 12.2. The van der Waals surface area contributed by atoms with Crippen molar-refractivity contribution in [2.24, 2.45) is 7.05 Å². The number of carboxylic acids is 1. The second-order valence-electron chi connectivity index (χ2n) is 2.19. The molecule has 0 saturated heterocycles. The molecule has 12 heavy (non-hydrogen) atoms. The van der Waals surface area contributed by atoms with E-state index in [9.17, 15) is 4.79 Å². The summed E-state index contributed by atoms with van der Waals surface area (Å²) in [6, 6.07) is 0. The number of aryl methyl sites for hydroxylation is 1.